The first-order valence-electron chi connectivity index (χ1n) is 6.92. The normalized spacial score (nSPS) is 12.0. The molecule has 1 nitrogen and oxygen atoms in total. The second kappa shape index (κ2) is 4.03. The average molecular weight is 305 g/mol. The molecule has 2 aromatic carbocycles. The van der Waals surface area contributed by atoms with Crippen LogP contribution in [0.3, 0.4) is 0 Å². The smallest absolute Gasteiger partial charge is 0.0899 e. The van der Waals surface area contributed by atoms with E-state index in [1.165, 1.54) is 35.1 Å². The van der Waals surface area contributed by atoms with E-state index in [1.54, 1.807) is 0 Å². The van der Waals surface area contributed by atoms with Crippen molar-refractivity contribution in [2.24, 2.45) is 0 Å². The Morgan fingerprint density at radius 2 is 1.19 bits per heavy atom. The molecular formula is C18H11NS2. The third-order valence-electron chi connectivity index (χ3n) is 4.04. The number of aromatic nitrogens is 1. The number of hydrogen-bond donors (Lipinski definition) is 0. The molecule has 3 heterocycles. The van der Waals surface area contributed by atoms with E-state index in [2.05, 4.69) is 55.5 Å². The third kappa shape index (κ3) is 1.48. The molecule has 0 atom stereocenters. The van der Waals surface area contributed by atoms with Crippen molar-refractivity contribution < 1.29 is 0 Å². The number of thiophene rings is 2. The maximum Gasteiger partial charge on any atom is 0.0899 e. The Hall–Kier alpha value is -1.97. The molecular weight excluding hydrogens is 294 g/mol. The second-order valence-corrected chi connectivity index (χ2v) is 7.39. The molecule has 5 aromatic rings. The average Bonchev–Trinajstić information content (AvgIpc) is 3.07. The van der Waals surface area contributed by atoms with Gasteiger partial charge in [-0.05, 0) is 24.6 Å². The lowest BCUT2D eigenvalue weighted by Gasteiger charge is -1.98. The number of pyridine rings is 1. The lowest BCUT2D eigenvalue weighted by molar-refractivity contribution is 1.53. The van der Waals surface area contributed by atoms with Crippen molar-refractivity contribution in [2.75, 3.05) is 0 Å². The highest BCUT2D eigenvalue weighted by Gasteiger charge is 2.15. The molecule has 5 rings (SSSR count). The van der Waals surface area contributed by atoms with Crippen molar-refractivity contribution in [3.63, 3.8) is 0 Å². The molecule has 0 bridgehead atoms. The SMILES string of the molecule is Cc1c2sc3ccccc3c2nc2c1sc1ccccc12. The van der Waals surface area contributed by atoms with Crippen LogP contribution in [0.15, 0.2) is 48.5 Å². The number of hydrogen-bond acceptors (Lipinski definition) is 3. The predicted molar refractivity (Wildman–Crippen MR) is 94.8 cm³/mol. The van der Waals surface area contributed by atoms with Crippen LogP contribution in [0.25, 0.3) is 40.6 Å². The van der Waals surface area contributed by atoms with E-state index in [0.29, 0.717) is 0 Å². The summed E-state index contributed by atoms with van der Waals surface area (Å²) in [5.41, 5.74) is 3.69. The van der Waals surface area contributed by atoms with Crippen molar-refractivity contribution in [1.82, 2.24) is 4.98 Å². The molecule has 0 saturated heterocycles. The van der Waals surface area contributed by atoms with Gasteiger partial charge in [-0.2, -0.15) is 0 Å². The topological polar surface area (TPSA) is 12.9 Å². The molecule has 0 aliphatic rings. The summed E-state index contributed by atoms with van der Waals surface area (Å²) < 4.78 is 5.31. The van der Waals surface area contributed by atoms with Crippen LogP contribution in [0, 0.1) is 6.92 Å². The van der Waals surface area contributed by atoms with Gasteiger partial charge >= 0.3 is 0 Å². The van der Waals surface area contributed by atoms with Crippen molar-refractivity contribution in [3.8, 4) is 0 Å². The Morgan fingerprint density at radius 1 is 0.714 bits per heavy atom. The highest BCUT2D eigenvalue weighted by atomic mass is 32.1. The van der Waals surface area contributed by atoms with Gasteiger partial charge in [-0.25, -0.2) is 4.98 Å². The molecule has 0 aliphatic carbocycles. The Bertz CT molecular complexity index is 1060. The lowest BCUT2D eigenvalue weighted by Crippen LogP contribution is -1.80. The Labute approximate surface area is 129 Å². The van der Waals surface area contributed by atoms with E-state index in [4.69, 9.17) is 4.98 Å². The first-order valence-corrected chi connectivity index (χ1v) is 8.55. The molecule has 0 spiro atoms. The molecule has 0 radical (unpaired) electrons. The molecule has 0 fully saturated rings. The van der Waals surface area contributed by atoms with Gasteiger partial charge in [-0.1, -0.05) is 36.4 Å². The maximum absolute atomic E-state index is 5.04. The van der Waals surface area contributed by atoms with Crippen LogP contribution in [-0.4, -0.2) is 4.98 Å². The Morgan fingerprint density at radius 3 is 1.71 bits per heavy atom. The molecule has 3 aromatic heterocycles. The summed E-state index contributed by atoms with van der Waals surface area (Å²) in [6.07, 6.45) is 0. The molecule has 0 aliphatic heterocycles. The number of aryl methyl sites for hydroxylation is 1. The van der Waals surface area contributed by atoms with Gasteiger partial charge in [0.1, 0.15) is 0 Å². The van der Waals surface area contributed by atoms with E-state index >= 15 is 0 Å². The zero-order chi connectivity index (χ0) is 14.0. The van der Waals surface area contributed by atoms with E-state index in [1.807, 2.05) is 22.7 Å². The Kier molecular flexibility index (Phi) is 2.24. The molecule has 21 heavy (non-hydrogen) atoms. The van der Waals surface area contributed by atoms with Crippen molar-refractivity contribution in [2.45, 2.75) is 6.92 Å². The van der Waals surface area contributed by atoms with Crippen LogP contribution in [0.4, 0.5) is 0 Å². The first kappa shape index (κ1) is 11.7. The Balaban J connectivity index is 2.11. The summed E-state index contributed by atoms with van der Waals surface area (Å²) in [7, 11) is 0. The van der Waals surface area contributed by atoms with Gasteiger partial charge in [-0.3, -0.25) is 0 Å². The van der Waals surface area contributed by atoms with Gasteiger partial charge in [0, 0.05) is 20.2 Å². The van der Waals surface area contributed by atoms with Gasteiger partial charge in [0.15, 0.2) is 0 Å². The lowest BCUT2D eigenvalue weighted by atomic mass is 10.1. The van der Waals surface area contributed by atoms with Crippen LogP contribution >= 0.6 is 22.7 Å². The highest BCUT2D eigenvalue weighted by Crippen LogP contribution is 2.42. The van der Waals surface area contributed by atoms with Crippen molar-refractivity contribution in [3.05, 3.63) is 54.1 Å². The minimum absolute atomic E-state index is 1.16. The summed E-state index contributed by atoms with van der Waals surface area (Å²) in [5, 5.41) is 2.55. The molecule has 0 N–H and O–H groups in total. The quantitative estimate of drug-likeness (QED) is 0.335. The van der Waals surface area contributed by atoms with E-state index in [0.717, 1.165) is 11.0 Å². The largest absolute Gasteiger partial charge is 0.245 e. The van der Waals surface area contributed by atoms with E-state index < -0.39 is 0 Å². The van der Waals surface area contributed by atoms with Gasteiger partial charge in [0.25, 0.3) is 0 Å². The number of rotatable bonds is 0. The van der Waals surface area contributed by atoms with Gasteiger partial charge in [0.05, 0.1) is 20.4 Å². The van der Waals surface area contributed by atoms with Gasteiger partial charge in [0.2, 0.25) is 0 Å². The van der Waals surface area contributed by atoms with Gasteiger partial charge < -0.3 is 0 Å². The van der Waals surface area contributed by atoms with Gasteiger partial charge in [-0.15, -0.1) is 22.7 Å². The predicted octanol–water partition coefficient (Wildman–Crippen LogP) is 6.13. The fourth-order valence-electron chi connectivity index (χ4n) is 3.01. The zero-order valence-electron chi connectivity index (χ0n) is 11.4. The number of fused-ring (bicyclic) bond motifs is 6. The molecule has 100 valence electrons. The highest BCUT2D eigenvalue weighted by molar-refractivity contribution is 7.28. The standard InChI is InChI=1S/C18H11NS2/c1-10-17-15(11-6-2-4-8-13(11)20-17)19-16-12-7-3-5-9-14(12)21-18(10)16/h2-9H,1H3. The third-order valence-corrected chi connectivity index (χ3v) is 6.60. The van der Waals surface area contributed by atoms with E-state index in [9.17, 15) is 0 Å². The monoisotopic (exact) mass is 305 g/mol. The van der Waals surface area contributed by atoms with Crippen LogP contribution in [0.1, 0.15) is 5.56 Å². The fourth-order valence-corrected chi connectivity index (χ4v) is 5.37. The first-order chi connectivity index (χ1) is 10.3. The van der Waals surface area contributed by atoms with Crippen LogP contribution in [0.5, 0.6) is 0 Å². The summed E-state index contributed by atoms with van der Waals surface area (Å²) in [4.78, 5) is 5.04. The minimum Gasteiger partial charge on any atom is -0.245 e. The van der Waals surface area contributed by atoms with Crippen LogP contribution < -0.4 is 0 Å². The van der Waals surface area contributed by atoms with Crippen molar-refractivity contribution in [1.29, 1.82) is 0 Å². The molecule has 0 saturated carbocycles. The van der Waals surface area contributed by atoms with Crippen LogP contribution in [0.2, 0.25) is 0 Å². The summed E-state index contributed by atoms with van der Waals surface area (Å²) >= 11 is 3.71. The zero-order valence-corrected chi connectivity index (χ0v) is 13.0. The molecule has 0 unspecified atom stereocenters. The maximum atomic E-state index is 5.04. The molecule has 0 amide bonds. The summed E-state index contributed by atoms with van der Waals surface area (Å²) in [6.45, 7) is 2.23. The number of benzene rings is 2. The summed E-state index contributed by atoms with van der Waals surface area (Å²) in [6, 6.07) is 17.1. The molecule has 3 heteroatoms. The number of nitrogens with zero attached hydrogens (tertiary/aromatic N) is 1. The second-order valence-electron chi connectivity index (χ2n) is 5.29. The minimum atomic E-state index is 1.16. The van der Waals surface area contributed by atoms with Crippen LogP contribution in [-0.2, 0) is 0 Å². The fraction of sp³-hybridized carbons (Fsp3) is 0.0556. The van der Waals surface area contributed by atoms with Crippen molar-refractivity contribution >= 4 is 63.3 Å². The van der Waals surface area contributed by atoms with E-state index in [-0.39, 0.29) is 0 Å². The summed E-state index contributed by atoms with van der Waals surface area (Å²) in [5.74, 6) is 0.